The third-order valence-corrected chi connectivity index (χ3v) is 4.16. The van der Waals surface area contributed by atoms with Crippen LogP contribution in [0.25, 0.3) is 0 Å². The van der Waals surface area contributed by atoms with Gasteiger partial charge in [-0.05, 0) is 44.4 Å². The third-order valence-electron chi connectivity index (χ3n) is 3.49. The molecule has 2 atom stereocenters. The molecule has 0 spiro atoms. The first-order valence-corrected chi connectivity index (χ1v) is 6.93. The van der Waals surface area contributed by atoms with Crippen molar-refractivity contribution in [2.45, 2.75) is 39.3 Å². The summed E-state index contributed by atoms with van der Waals surface area (Å²) >= 11 is 0. The van der Waals surface area contributed by atoms with E-state index < -0.39 is 5.16 Å². The van der Waals surface area contributed by atoms with Gasteiger partial charge in [0.25, 0.3) is 0 Å². The number of hydrogen-bond donors (Lipinski definition) is 0. The van der Waals surface area contributed by atoms with Crippen LogP contribution >= 0.6 is 9.24 Å². The summed E-state index contributed by atoms with van der Waals surface area (Å²) < 4.78 is 10.8. The average molecular weight is 290 g/mol. The summed E-state index contributed by atoms with van der Waals surface area (Å²) in [6.07, 6.45) is 0.732. The second kappa shape index (κ2) is 7.50. The van der Waals surface area contributed by atoms with E-state index in [-0.39, 0.29) is 26.1 Å². The Bertz CT molecular complexity index is 476. The first-order chi connectivity index (χ1) is 8.80. The van der Waals surface area contributed by atoms with E-state index in [1.807, 2.05) is 33.8 Å². The van der Waals surface area contributed by atoms with Crippen LogP contribution in [0.1, 0.15) is 43.2 Å². The standard InChI is InChI=1S/C15H23O3P.Li.H/c1-7-15(4,19)14(16)11-12(17-5)9(2)8-10(3)13(11)18-6;;/h8H,7,19H2,1-6H3;;/q;+1;-1. The average Bonchev–Trinajstić information content (AvgIpc) is 2.37. The molecular weight excluding hydrogens is 266 g/mol. The molecule has 0 fully saturated rings. The van der Waals surface area contributed by atoms with E-state index in [2.05, 4.69) is 9.24 Å². The molecule has 0 N–H and O–H groups in total. The summed E-state index contributed by atoms with van der Waals surface area (Å²) in [4.78, 5) is 12.8. The molecule has 5 heteroatoms. The molecule has 20 heavy (non-hydrogen) atoms. The number of carbonyl (C=O) groups excluding carboxylic acids is 1. The van der Waals surface area contributed by atoms with Crippen LogP contribution in [0.15, 0.2) is 6.07 Å². The Hall–Kier alpha value is -0.483. The fraction of sp³-hybridized carbons (Fsp3) is 0.533. The minimum Gasteiger partial charge on any atom is -1.00 e. The molecule has 0 saturated carbocycles. The molecule has 1 rings (SSSR count). The first-order valence-electron chi connectivity index (χ1n) is 6.36. The molecule has 0 aliphatic heterocycles. The zero-order chi connectivity index (χ0) is 14.8. The van der Waals surface area contributed by atoms with Crippen LogP contribution in [0.3, 0.4) is 0 Å². The number of methoxy groups -OCH3 is 2. The van der Waals surface area contributed by atoms with E-state index in [0.717, 1.165) is 17.5 Å². The van der Waals surface area contributed by atoms with Gasteiger partial charge in [-0.25, -0.2) is 0 Å². The molecule has 0 saturated heterocycles. The molecule has 0 aliphatic carbocycles. The van der Waals surface area contributed by atoms with Crippen molar-refractivity contribution >= 4 is 15.0 Å². The maximum Gasteiger partial charge on any atom is 1.00 e. The molecular formula is C15H24LiO3P. The van der Waals surface area contributed by atoms with Crippen molar-refractivity contribution in [1.82, 2.24) is 0 Å². The van der Waals surface area contributed by atoms with Crippen LogP contribution in [-0.4, -0.2) is 25.2 Å². The fourth-order valence-electron chi connectivity index (χ4n) is 2.13. The zero-order valence-electron chi connectivity index (χ0n) is 14.6. The number of Topliss-reactive ketones (excluding diaryl/α,β-unsaturated/α-hetero) is 1. The van der Waals surface area contributed by atoms with Gasteiger partial charge < -0.3 is 10.9 Å². The Labute approximate surface area is 137 Å². The van der Waals surface area contributed by atoms with Gasteiger partial charge in [-0.1, -0.05) is 6.92 Å². The summed E-state index contributed by atoms with van der Waals surface area (Å²) in [5.41, 5.74) is 2.43. The number of hydrogen-bond acceptors (Lipinski definition) is 3. The van der Waals surface area contributed by atoms with Gasteiger partial charge in [0.05, 0.1) is 14.2 Å². The number of aryl methyl sites for hydroxylation is 2. The number of rotatable bonds is 5. The molecule has 0 radical (unpaired) electrons. The first kappa shape index (κ1) is 19.5. The SMILES string of the molecule is CCC(C)(P)C(=O)c1c(OC)c(C)cc(C)c1OC.[H-].[Li+]. The Morgan fingerprint density at radius 1 is 1.25 bits per heavy atom. The van der Waals surface area contributed by atoms with Gasteiger partial charge in [0.1, 0.15) is 17.1 Å². The van der Waals surface area contributed by atoms with E-state index in [0.29, 0.717) is 17.1 Å². The monoisotopic (exact) mass is 290 g/mol. The van der Waals surface area contributed by atoms with Crippen molar-refractivity contribution in [2.24, 2.45) is 0 Å². The molecule has 108 valence electrons. The maximum absolute atomic E-state index is 12.8. The molecule has 1 aromatic rings. The van der Waals surface area contributed by atoms with Crippen molar-refractivity contribution < 1.29 is 34.6 Å². The molecule has 0 amide bonds. The van der Waals surface area contributed by atoms with Crippen molar-refractivity contribution in [3.05, 3.63) is 22.8 Å². The van der Waals surface area contributed by atoms with Crippen molar-refractivity contribution in [2.75, 3.05) is 14.2 Å². The quantitative estimate of drug-likeness (QED) is 0.454. The van der Waals surface area contributed by atoms with Gasteiger partial charge in [-0.3, -0.25) is 4.79 Å². The largest absolute Gasteiger partial charge is 1.00 e. The number of ether oxygens (including phenoxy) is 2. The van der Waals surface area contributed by atoms with Crippen LogP contribution in [0.4, 0.5) is 0 Å². The second-order valence-corrected chi connectivity index (χ2v) is 6.33. The van der Waals surface area contributed by atoms with Gasteiger partial charge in [0.15, 0.2) is 5.78 Å². The minimum atomic E-state index is -0.513. The third kappa shape index (κ3) is 3.58. The normalized spacial score (nSPS) is 13.2. The maximum atomic E-state index is 12.8. The van der Waals surface area contributed by atoms with Crippen LogP contribution in [0, 0.1) is 13.8 Å². The summed E-state index contributed by atoms with van der Waals surface area (Å²) in [5, 5.41) is -0.513. The number of benzene rings is 1. The summed E-state index contributed by atoms with van der Waals surface area (Å²) in [6, 6.07) is 1.97. The smallest absolute Gasteiger partial charge is 1.00 e. The Morgan fingerprint density at radius 3 is 1.95 bits per heavy atom. The zero-order valence-corrected chi connectivity index (χ0v) is 14.7. The van der Waals surface area contributed by atoms with Crippen molar-refractivity contribution in [3.63, 3.8) is 0 Å². The predicted molar refractivity (Wildman–Crippen MR) is 82.9 cm³/mol. The second-order valence-electron chi connectivity index (χ2n) is 5.05. The van der Waals surface area contributed by atoms with E-state index in [1.54, 1.807) is 14.2 Å². The van der Waals surface area contributed by atoms with E-state index in [9.17, 15) is 4.79 Å². The van der Waals surface area contributed by atoms with Gasteiger partial charge in [0, 0.05) is 5.16 Å². The summed E-state index contributed by atoms with van der Waals surface area (Å²) in [6.45, 7) is 7.78. The van der Waals surface area contributed by atoms with E-state index in [1.165, 1.54) is 0 Å². The van der Waals surface area contributed by atoms with Gasteiger partial charge in [-0.2, -0.15) is 0 Å². The van der Waals surface area contributed by atoms with Gasteiger partial charge in [0.2, 0.25) is 0 Å². The van der Waals surface area contributed by atoms with Crippen molar-refractivity contribution in [3.8, 4) is 11.5 Å². The minimum absolute atomic E-state index is 0. The van der Waals surface area contributed by atoms with Crippen LogP contribution in [0.2, 0.25) is 0 Å². The van der Waals surface area contributed by atoms with Crippen LogP contribution in [-0.2, 0) is 0 Å². The number of carbonyl (C=O) groups is 1. The molecule has 2 unspecified atom stereocenters. The topological polar surface area (TPSA) is 35.5 Å². The number of ketones is 1. The van der Waals surface area contributed by atoms with Crippen LogP contribution < -0.4 is 28.3 Å². The predicted octanol–water partition coefficient (Wildman–Crippen LogP) is 0.664. The summed E-state index contributed by atoms with van der Waals surface area (Å²) in [5.74, 6) is 1.24. The molecule has 0 aliphatic rings. The van der Waals surface area contributed by atoms with Gasteiger partial charge >= 0.3 is 18.9 Å². The van der Waals surface area contributed by atoms with E-state index in [4.69, 9.17) is 9.47 Å². The summed E-state index contributed by atoms with van der Waals surface area (Å²) in [7, 11) is 5.80. The van der Waals surface area contributed by atoms with Crippen LogP contribution in [0.5, 0.6) is 11.5 Å². The Morgan fingerprint density at radius 2 is 1.65 bits per heavy atom. The molecule has 0 heterocycles. The molecule has 0 bridgehead atoms. The Balaban J connectivity index is 0. The fourth-order valence-corrected chi connectivity index (χ4v) is 2.28. The molecule has 3 nitrogen and oxygen atoms in total. The van der Waals surface area contributed by atoms with Crippen molar-refractivity contribution in [1.29, 1.82) is 0 Å². The Kier molecular flexibility index (Phi) is 7.32. The molecule has 1 aromatic carbocycles. The van der Waals surface area contributed by atoms with E-state index >= 15 is 0 Å². The van der Waals surface area contributed by atoms with Gasteiger partial charge in [-0.15, -0.1) is 9.24 Å². The molecule has 0 aromatic heterocycles.